The Morgan fingerprint density at radius 3 is 2.57 bits per heavy atom. The lowest BCUT2D eigenvalue weighted by molar-refractivity contribution is 0.0866. The molecule has 0 aromatic heterocycles. The molecular formula is C12H21NO. The summed E-state index contributed by atoms with van der Waals surface area (Å²) in [4.78, 5) is 0. The van der Waals surface area contributed by atoms with E-state index in [9.17, 15) is 0 Å². The van der Waals surface area contributed by atoms with Gasteiger partial charge >= 0.3 is 0 Å². The maximum absolute atomic E-state index is 5.93. The monoisotopic (exact) mass is 195 g/mol. The maximum atomic E-state index is 5.93. The summed E-state index contributed by atoms with van der Waals surface area (Å²) in [7, 11) is 0. The van der Waals surface area contributed by atoms with E-state index in [2.05, 4.69) is 13.8 Å². The standard InChI is InChI=1S/C12H21NO/c1-12(2)9(6-13)11(12)8-5-7-3-4-10(8)14-7/h7-11H,3-6,13H2,1-2H3. The first-order valence-corrected chi connectivity index (χ1v) is 6.00. The van der Waals surface area contributed by atoms with Crippen molar-refractivity contribution in [2.24, 2.45) is 28.9 Å². The zero-order valence-corrected chi connectivity index (χ0v) is 9.20. The summed E-state index contributed by atoms with van der Waals surface area (Å²) >= 11 is 0. The van der Waals surface area contributed by atoms with E-state index in [1.54, 1.807) is 0 Å². The average molecular weight is 195 g/mol. The van der Waals surface area contributed by atoms with Crippen molar-refractivity contribution in [1.82, 2.24) is 0 Å². The van der Waals surface area contributed by atoms with E-state index >= 15 is 0 Å². The molecule has 2 bridgehead atoms. The Hall–Kier alpha value is -0.0800. The fraction of sp³-hybridized carbons (Fsp3) is 1.00. The Kier molecular flexibility index (Phi) is 1.79. The van der Waals surface area contributed by atoms with E-state index in [4.69, 9.17) is 10.5 Å². The first-order valence-electron chi connectivity index (χ1n) is 6.00. The molecule has 5 atom stereocenters. The van der Waals surface area contributed by atoms with Crippen molar-refractivity contribution in [3.05, 3.63) is 0 Å². The maximum Gasteiger partial charge on any atom is 0.0611 e. The van der Waals surface area contributed by atoms with E-state index in [0.717, 1.165) is 24.3 Å². The van der Waals surface area contributed by atoms with Gasteiger partial charge in [0.2, 0.25) is 0 Å². The molecule has 2 nitrogen and oxygen atoms in total. The highest BCUT2D eigenvalue weighted by molar-refractivity contribution is 5.11. The van der Waals surface area contributed by atoms with Crippen molar-refractivity contribution >= 4 is 0 Å². The Morgan fingerprint density at radius 2 is 2.14 bits per heavy atom. The highest BCUT2D eigenvalue weighted by Crippen LogP contribution is 2.65. The second-order valence-corrected chi connectivity index (χ2v) is 5.96. The minimum atomic E-state index is 0.493. The molecule has 80 valence electrons. The molecule has 2 aliphatic heterocycles. The number of nitrogens with two attached hydrogens (primary N) is 1. The van der Waals surface area contributed by atoms with Crippen LogP contribution in [0.2, 0.25) is 0 Å². The molecule has 2 saturated heterocycles. The lowest BCUT2D eigenvalue weighted by atomic mass is 9.83. The first-order chi connectivity index (χ1) is 6.64. The van der Waals surface area contributed by atoms with Gasteiger partial charge in [0.15, 0.2) is 0 Å². The zero-order valence-electron chi connectivity index (χ0n) is 9.20. The van der Waals surface area contributed by atoms with Crippen LogP contribution in [-0.2, 0) is 4.74 Å². The summed E-state index contributed by atoms with van der Waals surface area (Å²) in [6, 6.07) is 0. The van der Waals surface area contributed by atoms with Gasteiger partial charge in [-0.1, -0.05) is 13.8 Å². The van der Waals surface area contributed by atoms with Gasteiger partial charge in [0.25, 0.3) is 0 Å². The quantitative estimate of drug-likeness (QED) is 0.729. The van der Waals surface area contributed by atoms with Crippen LogP contribution in [0.15, 0.2) is 0 Å². The molecule has 3 aliphatic rings. The third-order valence-electron chi connectivity index (χ3n) is 5.01. The normalized spacial score (nSPS) is 53.8. The van der Waals surface area contributed by atoms with Gasteiger partial charge in [-0.2, -0.15) is 0 Å². The van der Waals surface area contributed by atoms with E-state index in [1.165, 1.54) is 19.3 Å². The largest absolute Gasteiger partial charge is 0.375 e. The summed E-state index contributed by atoms with van der Waals surface area (Å²) in [5.41, 5.74) is 6.32. The molecule has 0 radical (unpaired) electrons. The lowest BCUT2D eigenvalue weighted by Crippen LogP contribution is -2.21. The SMILES string of the molecule is CC1(C)C(CN)C1C1CC2CCC1O2. The van der Waals surface area contributed by atoms with Crippen LogP contribution >= 0.6 is 0 Å². The molecule has 5 unspecified atom stereocenters. The number of fused-ring (bicyclic) bond motifs is 2. The van der Waals surface area contributed by atoms with Crippen LogP contribution in [0.5, 0.6) is 0 Å². The summed E-state index contributed by atoms with van der Waals surface area (Å²) in [5.74, 6) is 2.44. The molecule has 0 aromatic carbocycles. The summed E-state index contributed by atoms with van der Waals surface area (Å²) in [6.07, 6.45) is 5.11. The van der Waals surface area contributed by atoms with Crippen LogP contribution < -0.4 is 5.73 Å². The molecule has 3 rings (SSSR count). The Bertz CT molecular complexity index is 249. The summed E-state index contributed by atoms with van der Waals surface area (Å²) < 4.78 is 5.93. The molecule has 1 aliphatic carbocycles. The van der Waals surface area contributed by atoms with Gasteiger partial charge in [0, 0.05) is 0 Å². The molecule has 0 spiro atoms. The highest BCUT2D eigenvalue weighted by atomic mass is 16.5. The topological polar surface area (TPSA) is 35.2 Å². The Balaban J connectivity index is 1.73. The van der Waals surface area contributed by atoms with Crippen molar-refractivity contribution in [2.45, 2.75) is 45.3 Å². The van der Waals surface area contributed by atoms with Crippen molar-refractivity contribution in [2.75, 3.05) is 6.54 Å². The molecule has 1 saturated carbocycles. The van der Waals surface area contributed by atoms with E-state index in [0.29, 0.717) is 17.6 Å². The Labute approximate surface area is 86.2 Å². The average Bonchev–Trinajstić information content (AvgIpc) is 2.61. The third kappa shape index (κ3) is 1.04. The smallest absolute Gasteiger partial charge is 0.0611 e. The molecular weight excluding hydrogens is 174 g/mol. The van der Waals surface area contributed by atoms with Crippen molar-refractivity contribution in [1.29, 1.82) is 0 Å². The number of ether oxygens (including phenoxy) is 1. The van der Waals surface area contributed by atoms with Gasteiger partial charge in [0.1, 0.15) is 0 Å². The fourth-order valence-corrected chi connectivity index (χ4v) is 4.14. The molecule has 0 amide bonds. The molecule has 14 heavy (non-hydrogen) atoms. The summed E-state index contributed by atoms with van der Waals surface area (Å²) in [5, 5.41) is 0. The van der Waals surface area contributed by atoms with Crippen LogP contribution in [0.25, 0.3) is 0 Å². The predicted molar refractivity (Wildman–Crippen MR) is 55.8 cm³/mol. The fourth-order valence-electron chi connectivity index (χ4n) is 4.14. The van der Waals surface area contributed by atoms with Gasteiger partial charge in [0.05, 0.1) is 12.2 Å². The predicted octanol–water partition coefficient (Wildman–Crippen LogP) is 1.78. The van der Waals surface area contributed by atoms with Crippen molar-refractivity contribution in [3.63, 3.8) is 0 Å². The second-order valence-electron chi connectivity index (χ2n) is 5.96. The second kappa shape index (κ2) is 2.73. The number of rotatable bonds is 2. The van der Waals surface area contributed by atoms with Gasteiger partial charge < -0.3 is 10.5 Å². The molecule has 3 fully saturated rings. The molecule has 2 heterocycles. The third-order valence-corrected chi connectivity index (χ3v) is 5.01. The molecule has 2 N–H and O–H groups in total. The number of hydrogen-bond donors (Lipinski definition) is 1. The van der Waals surface area contributed by atoms with Crippen molar-refractivity contribution < 1.29 is 4.74 Å². The first kappa shape index (κ1) is 9.17. The zero-order chi connectivity index (χ0) is 9.92. The minimum absolute atomic E-state index is 0.493. The van der Waals surface area contributed by atoms with Gasteiger partial charge in [-0.05, 0) is 49.0 Å². The van der Waals surface area contributed by atoms with Gasteiger partial charge in [-0.15, -0.1) is 0 Å². The van der Waals surface area contributed by atoms with Crippen LogP contribution in [0.4, 0.5) is 0 Å². The molecule has 0 aromatic rings. The van der Waals surface area contributed by atoms with Crippen LogP contribution in [0, 0.1) is 23.2 Å². The highest BCUT2D eigenvalue weighted by Gasteiger charge is 2.63. The van der Waals surface area contributed by atoms with Gasteiger partial charge in [-0.25, -0.2) is 0 Å². The van der Waals surface area contributed by atoms with Crippen LogP contribution in [0.1, 0.15) is 33.1 Å². The minimum Gasteiger partial charge on any atom is -0.375 e. The van der Waals surface area contributed by atoms with Crippen molar-refractivity contribution in [3.8, 4) is 0 Å². The lowest BCUT2D eigenvalue weighted by Gasteiger charge is -2.19. The summed E-state index contributed by atoms with van der Waals surface area (Å²) in [6.45, 7) is 5.62. The van der Waals surface area contributed by atoms with E-state index in [-0.39, 0.29) is 0 Å². The van der Waals surface area contributed by atoms with Crippen LogP contribution in [0.3, 0.4) is 0 Å². The molecule has 2 heteroatoms. The van der Waals surface area contributed by atoms with E-state index in [1.807, 2.05) is 0 Å². The van der Waals surface area contributed by atoms with Crippen LogP contribution in [-0.4, -0.2) is 18.8 Å². The number of hydrogen-bond acceptors (Lipinski definition) is 2. The van der Waals surface area contributed by atoms with E-state index < -0.39 is 0 Å². The Morgan fingerprint density at radius 1 is 1.36 bits per heavy atom. The van der Waals surface area contributed by atoms with Gasteiger partial charge in [-0.3, -0.25) is 0 Å².